The summed E-state index contributed by atoms with van der Waals surface area (Å²) in [5.74, 6) is 0. The summed E-state index contributed by atoms with van der Waals surface area (Å²) >= 11 is 5.63. The Morgan fingerprint density at radius 3 is 2.21 bits per heavy atom. The van der Waals surface area contributed by atoms with E-state index >= 15 is 0 Å². The van der Waals surface area contributed by atoms with Crippen LogP contribution in [-0.2, 0) is 34.1 Å². The van der Waals surface area contributed by atoms with Gasteiger partial charge in [0.15, 0.2) is 4.90 Å². The summed E-state index contributed by atoms with van der Waals surface area (Å²) in [6.07, 6.45) is 0.691. The van der Waals surface area contributed by atoms with Crippen molar-refractivity contribution in [2.75, 3.05) is 7.05 Å². The van der Waals surface area contributed by atoms with Crippen molar-refractivity contribution in [3.05, 3.63) is 60.4 Å². The van der Waals surface area contributed by atoms with E-state index in [1.54, 1.807) is 0 Å². The fourth-order valence-electron chi connectivity index (χ4n) is 2.16. The highest BCUT2D eigenvalue weighted by Gasteiger charge is 2.36. The van der Waals surface area contributed by atoms with Gasteiger partial charge in [-0.3, -0.25) is 19.5 Å². The summed E-state index contributed by atoms with van der Waals surface area (Å²) in [5, 5.41) is 10.6. The van der Waals surface area contributed by atoms with Crippen molar-refractivity contribution in [2.24, 2.45) is 14.1 Å². The molecule has 0 saturated heterocycles. The molecule has 0 saturated carbocycles. The quantitative estimate of drug-likeness (QED) is 0.439. The van der Waals surface area contributed by atoms with Crippen molar-refractivity contribution in [1.82, 2.24) is 12.8 Å². The summed E-state index contributed by atoms with van der Waals surface area (Å²) in [7, 11) is -6.89. The van der Waals surface area contributed by atoms with Crippen LogP contribution in [0.5, 0.6) is 0 Å². The van der Waals surface area contributed by atoms with Gasteiger partial charge in [-0.15, -0.1) is 0 Å². The van der Waals surface area contributed by atoms with E-state index in [9.17, 15) is 36.5 Å². The average molecular weight is 453 g/mol. The number of hydrogen-bond donors (Lipinski definition) is 0. The molecule has 1 heterocycles. The van der Waals surface area contributed by atoms with Crippen LogP contribution in [0.3, 0.4) is 0 Å². The molecule has 0 aliphatic carbocycles. The summed E-state index contributed by atoms with van der Waals surface area (Å²) < 4.78 is 52.0. The van der Waals surface area contributed by atoms with Crippen molar-refractivity contribution in [1.29, 1.82) is 0 Å². The molecular weight excluding hydrogens is 440 g/mol. The van der Waals surface area contributed by atoms with Crippen molar-refractivity contribution < 1.29 is 21.8 Å². The van der Waals surface area contributed by atoms with E-state index in [0.717, 1.165) is 23.7 Å². The molecule has 2 rings (SSSR count). The highest BCUT2D eigenvalue weighted by molar-refractivity contribution is 8.04. The maximum atomic E-state index is 12.7. The molecule has 12 nitrogen and oxygen atoms in total. The van der Waals surface area contributed by atoms with Crippen LogP contribution in [0.25, 0.3) is 0 Å². The smallest absolute Gasteiger partial charge is 0.302 e. The number of aromatic nitrogens is 2. The van der Waals surface area contributed by atoms with Gasteiger partial charge in [0.2, 0.25) is 0 Å². The molecule has 0 radical (unpaired) electrons. The minimum atomic E-state index is -4.93. The van der Waals surface area contributed by atoms with Crippen LogP contribution in [0.4, 0.5) is 5.69 Å². The lowest BCUT2D eigenvalue weighted by atomic mass is 10.3. The Morgan fingerprint density at radius 2 is 1.68 bits per heavy atom. The van der Waals surface area contributed by atoms with Crippen LogP contribution in [0.1, 0.15) is 0 Å². The van der Waals surface area contributed by atoms with Crippen LogP contribution in [0.15, 0.2) is 43.8 Å². The number of halogens is 1. The van der Waals surface area contributed by atoms with Gasteiger partial charge >= 0.3 is 5.69 Å². The normalized spacial score (nSPS) is 12.3. The lowest BCUT2D eigenvalue weighted by Gasteiger charge is -2.18. The number of benzene rings is 1. The van der Waals surface area contributed by atoms with Gasteiger partial charge in [-0.05, 0) is 12.1 Å². The Kier molecular flexibility index (Phi) is 5.53. The average Bonchev–Trinajstić information content (AvgIpc) is 2.61. The lowest BCUT2D eigenvalue weighted by Crippen LogP contribution is -2.43. The zero-order chi connectivity index (χ0) is 21.6. The van der Waals surface area contributed by atoms with E-state index in [1.807, 2.05) is 0 Å². The van der Waals surface area contributed by atoms with Gasteiger partial charge in [-0.1, -0.05) is 15.3 Å². The Labute approximate surface area is 163 Å². The minimum absolute atomic E-state index is 0.103. The van der Waals surface area contributed by atoms with E-state index in [0.29, 0.717) is 23.9 Å². The maximum absolute atomic E-state index is 12.7. The molecule has 0 bridgehead atoms. The first-order valence-corrected chi connectivity index (χ1v) is 10.4. The van der Waals surface area contributed by atoms with E-state index in [-0.39, 0.29) is 8.73 Å². The summed E-state index contributed by atoms with van der Waals surface area (Å²) in [4.78, 5) is 32.2. The first-order valence-electron chi connectivity index (χ1n) is 7.17. The van der Waals surface area contributed by atoms with Gasteiger partial charge in [0.25, 0.3) is 31.3 Å². The Balaban J connectivity index is 2.70. The third-order valence-electron chi connectivity index (χ3n) is 3.78. The van der Waals surface area contributed by atoms with Crippen LogP contribution in [-0.4, -0.2) is 41.7 Å². The number of nitro benzene ring substituents is 1. The van der Waals surface area contributed by atoms with Crippen LogP contribution in [0, 0.1) is 10.1 Å². The van der Waals surface area contributed by atoms with Gasteiger partial charge in [0.1, 0.15) is 5.02 Å². The molecule has 0 amide bonds. The molecule has 0 unspecified atom stereocenters. The minimum Gasteiger partial charge on any atom is -0.302 e. The van der Waals surface area contributed by atoms with E-state index in [1.165, 1.54) is 7.05 Å². The summed E-state index contributed by atoms with van der Waals surface area (Å²) in [6, 6.07) is 2.41. The number of aryl methyl sites for hydroxylation is 1. The van der Waals surface area contributed by atoms with E-state index in [4.69, 9.17) is 11.6 Å². The second kappa shape index (κ2) is 7.12. The largest absolute Gasteiger partial charge is 0.330 e. The molecule has 28 heavy (non-hydrogen) atoms. The molecule has 15 heteroatoms. The molecule has 0 aliphatic heterocycles. The van der Waals surface area contributed by atoms with Gasteiger partial charge in [0, 0.05) is 33.4 Å². The molecule has 0 fully saturated rings. The first-order chi connectivity index (χ1) is 12.7. The molecular formula is C13H13ClN4O8S2. The zero-order valence-corrected chi connectivity index (χ0v) is 16.9. The van der Waals surface area contributed by atoms with Gasteiger partial charge in [-0.25, -0.2) is 21.6 Å². The second-order valence-corrected chi connectivity index (χ2v) is 10.1. The predicted octanol–water partition coefficient (Wildman–Crippen LogP) is -0.345. The highest BCUT2D eigenvalue weighted by Crippen LogP contribution is 2.29. The first kappa shape index (κ1) is 21.7. The van der Waals surface area contributed by atoms with E-state index in [2.05, 4.69) is 0 Å². The molecule has 2 aromatic rings. The van der Waals surface area contributed by atoms with Gasteiger partial charge < -0.3 is 4.57 Å². The number of hydrogen-bond acceptors (Lipinski definition) is 8. The molecule has 1 aromatic carbocycles. The number of nitro groups is 1. The lowest BCUT2D eigenvalue weighted by molar-refractivity contribution is -0.384. The highest BCUT2D eigenvalue weighted by atomic mass is 35.5. The molecule has 152 valence electrons. The Morgan fingerprint density at radius 1 is 1.11 bits per heavy atom. The standard InChI is InChI=1S/C13H13ClN4O8S2/c1-15-7-11(12(19)16(2)13(15)20)28(25,26)17(3)27(23,24)8-4-5-9(14)10(6-8)18(21)22/h4-7H,1-3H3. The van der Waals surface area contributed by atoms with Crippen molar-refractivity contribution in [3.63, 3.8) is 0 Å². The third kappa shape index (κ3) is 3.46. The van der Waals surface area contributed by atoms with Crippen LogP contribution < -0.4 is 11.2 Å². The maximum Gasteiger partial charge on any atom is 0.330 e. The summed E-state index contributed by atoms with van der Waals surface area (Å²) in [6.45, 7) is 0. The molecule has 0 atom stereocenters. The predicted molar refractivity (Wildman–Crippen MR) is 97.2 cm³/mol. The SMILES string of the molecule is CN(S(=O)(=O)c1ccc(Cl)c([N+](=O)[O-])c1)S(=O)(=O)c1cn(C)c(=O)n(C)c1=O. The van der Waals surface area contributed by atoms with Crippen molar-refractivity contribution in [3.8, 4) is 0 Å². The monoisotopic (exact) mass is 452 g/mol. The fraction of sp³-hybridized carbons (Fsp3) is 0.231. The van der Waals surface area contributed by atoms with Gasteiger partial charge in [0.05, 0.1) is 9.82 Å². The van der Waals surface area contributed by atoms with E-state index < -0.39 is 51.7 Å². The number of sulfonamides is 2. The molecule has 0 N–H and O–H groups in total. The van der Waals surface area contributed by atoms with Crippen LogP contribution >= 0.6 is 11.6 Å². The van der Waals surface area contributed by atoms with Crippen molar-refractivity contribution in [2.45, 2.75) is 9.79 Å². The third-order valence-corrected chi connectivity index (χ3v) is 8.32. The zero-order valence-electron chi connectivity index (χ0n) is 14.6. The Bertz CT molecular complexity index is 1310. The number of nitrogens with zero attached hydrogens (tertiary/aromatic N) is 4. The number of rotatable bonds is 5. The van der Waals surface area contributed by atoms with Crippen LogP contribution in [0.2, 0.25) is 5.02 Å². The molecule has 0 spiro atoms. The molecule has 1 aromatic heterocycles. The van der Waals surface area contributed by atoms with Crippen molar-refractivity contribution >= 4 is 37.3 Å². The second-order valence-electron chi connectivity index (χ2n) is 5.51. The van der Waals surface area contributed by atoms with Gasteiger partial charge in [-0.2, -0.15) is 0 Å². The fourth-order valence-corrected chi connectivity index (χ4v) is 5.60. The Hall–Kier alpha value is -2.55. The summed E-state index contributed by atoms with van der Waals surface area (Å²) in [5.41, 5.74) is -2.79. The molecule has 0 aliphatic rings. The topological polar surface area (TPSA) is 159 Å².